The molecule has 0 aliphatic heterocycles. The van der Waals surface area contributed by atoms with Gasteiger partial charge in [0.25, 0.3) is 5.91 Å². The summed E-state index contributed by atoms with van der Waals surface area (Å²) in [6.45, 7) is 1.13. The van der Waals surface area contributed by atoms with Gasteiger partial charge in [-0.3, -0.25) is 14.4 Å². The van der Waals surface area contributed by atoms with Crippen LogP contribution in [0.1, 0.15) is 12.5 Å². The molecular formula is C14H13F3N2O4. The Hall–Kier alpha value is -2.84. The van der Waals surface area contributed by atoms with Crippen LogP contribution in [-0.4, -0.2) is 35.1 Å². The first-order chi connectivity index (χ1) is 10.6. The summed E-state index contributed by atoms with van der Waals surface area (Å²) < 4.78 is 37.0. The summed E-state index contributed by atoms with van der Waals surface area (Å²) in [5, 5.41) is 12.1. The van der Waals surface area contributed by atoms with Crippen molar-refractivity contribution >= 4 is 23.9 Å². The number of amides is 2. The van der Waals surface area contributed by atoms with Crippen molar-refractivity contribution in [2.75, 3.05) is 0 Å². The second-order valence-electron chi connectivity index (χ2n) is 4.45. The van der Waals surface area contributed by atoms with E-state index in [0.717, 1.165) is 13.0 Å². The number of alkyl halides is 3. The first kappa shape index (κ1) is 18.2. The molecule has 1 atom stereocenters. The molecule has 0 aliphatic rings. The third-order valence-electron chi connectivity index (χ3n) is 2.58. The molecule has 0 aromatic heterocycles. The van der Waals surface area contributed by atoms with Gasteiger partial charge in [0.05, 0.1) is 0 Å². The predicted molar refractivity (Wildman–Crippen MR) is 73.9 cm³/mol. The lowest BCUT2D eigenvalue weighted by Crippen LogP contribution is -2.45. The monoisotopic (exact) mass is 330 g/mol. The van der Waals surface area contributed by atoms with Crippen molar-refractivity contribution in [3.8, 4) is 0 Å². The van der Waals surface area contributed by atoms with Crippen LogP contribution in [0.5, 0.6) is 0 Å². The van der Waals surface area contributed by atoms with E-state index in [0.29, 0.717) is 5.56 Å². The fourth-order valence-electron chi connectivity index (χ4n) is 1.40. The van der Waals surface area contributed by atoms with Gasteiger partial charge in [0.2, 0.25) is 0 Å². The molecule has 0 saturated heterocycles. The van der Waals surface area contributed by atoms with Crippen molar-refractivity contribution in [1.82, 2.24) is 10.6 Å². The van der Waals surface area contributed by atoms with Crippen molar-refractivity contribution in [3.05, 3.63) is 41.6 Å². The number of halogens is 3. The van der Waals surface area contributed by atoms with Crippen LogP contribution in [0.3, 0.4) is 0 Å². The van der Waals surface area contributed by atoms with Crippen LogP contribution in [0.4, 0.5) is 13.2 Å². The Labute approximate surface area is 129 Å². The Morgan fingerprint density at radius 3 is 2.22 bits per heavy atom. The number of carbonyl (C=O) groups excluding carboxylic acids is 2. The summed E-state index contributed by atoms with van der Waals surface area (Å²) in [4.78, 5) is 33.6. The fourth-order valence-corrected chi connectivity index (χ4v) is 1.40. The zero-order valence-corrected chi connectivity index (χ0v) is 11.8. The topological polar surface area (TPSA) is 95.5 Å². The van der Waals surface area contributed by atoms with Crippen molar-refractivity contribution in [3.63, 3.8) is 0 Å². The second kappa shape index (κ2) is 7.43. The maximum atomic E-state index is 12.3. The molecule has 0 bridgehead atoms. The van der Waals surface area contributed by atoms with Gasteiger partial charge < -0.3 is 15.7 Å². The first-order valence-corrected chi connectivity index (χ1v) is 6.30. The minimum Gasteiger partial charge on any atom is -0.480 e. The summed E-state index contributed by atoms with van der Waals surface area (Å²) >= 11 is 0. The number of benzene rings is 1. The van der Waals surface area contributed by atoms with Gasteiger partial charge in [0.1, 0.15) is 11.7 Å². The van der Waals surface area contributed by atoms with E-state index in [1.807, 2.05) is 5.32 Å². The van der Waals surface area contributed by atoms with Crippen LogP contribution >= 0.6 is 0 Å². The summed E-state index contributed by atoms with van der Waals surface area (Å²) in [5.41, 5.74) is -0.366. The van der Waals surface area contributed by atoms with E-state index >= 15 is 0 Å². The molecule has 0 unspecified atom stereocenters. The van der Waals surface area contributed by atoms with E-state index in [2.05, 4.69) is 0 Å². The number of carbonyl (C=O) groups is 3. The van der Waals surface area contributed by atoms with Crippen LogP contribution in [0, 0.1) is 0 Å². The number of nitrogens with one attached hydrogen (secondary N) is 2. The third-order valence-corrected chi connectivity index (χ3v) is 2.58. The lowest BCUT2D eigenvalue weighted by molar-refractivity contribution is -0.172. The fraction of sp³-hybridized carbons (Fsp3) is 0.214. The number of aliphatic carboxylic acids is 1. The number of carboxylic acids is 1. The van der Waals surface area contributed by atoms with Gasteiger partial charge in [0.15, 0.2) is 0 Å². The van der Waals surface area contributed by atoms with Crippen molar-refractivity contribution < 1.29 is 32.7 Å². The third kappa shape index (κ3) is 5.81. The van der Waals surface area contributed by atoms with Gasteiger partial charge >= 0.3 is 18.1 Å². The quantitative estimate of drug-likeness (QED) is 0.709. The molecule has 0 saturated carbocycles. The molecule has 3 N–H and O–H groups in total. The predicted octanol–water partition coefficient (Wildman–Crippen LogP) is 1.30. The van der Waals surface area contributed by atoms with E-state index < -0.39 is 35.7 Å². The lowest BCUT2D eigenvalue weighted by Gasteiger charge is -2.14. The van der Waals surface area contributed by atoms with E-state index in [1.54, 1.807) is 18.2 Å². The first-order valence-electron chi connectivity index (χ1n) is 6.30. The van der Waals surface area contributed by atoms with Crippen LogP contribution in [0.15, 0.2) is 36.0 Å². The van der Waals surface area contributed by atoms with Crippen LogP contribution in [0.25, 0.3) is 6.08 Å². The van der Waals surface area contributed by atoms with Gasteiger partial charge in [-0.2, -0.15) is 13.2 Å². The SMILES string of the molecule is C[C@H](NC(=O)C(=Cc1ccccc1)NC(=O)C(F)(F)F)C(=O)O. The summed E-state index contributed by atoms with van der Waals surface area (Å²) in [6, 6.07) is 6.45. The maximum absolute atomic E-state index is 12.3. The normalized spacial score (nSPS) is 13.1. The number of carboxylic acid groups (broad SMARTS) is 1. The number of hydrogen-bond acceptors (Lipinski definition) is 3. The largest absolute Gasteiger partial charge is 0.480 e. The average molecular weight is 330 g/mol. The minimum atomic E-state index is -5.19. The highest BCUT2D eigenvalue weighted by Crippen LogP contribution is 2.15. The Balaban J connectivity index is 3.06. The lowest BCUT2D eigenvalue weighted by atomic mass is 10.2. The molecule has 1 rings (SSSR count). The van der Waals surface area contributed by atoms with E-state index in [1.165, 1.54) is 17.4 Å². The number of rotatable bonds is 5. The Kier molecular flexibility index (Phi) is 5.88. The molecule has 0 fully saturated rings. The molecule has 124 valence electrons. The van der Waals surface area contributed by atoms with Crippen molar-refractivity contribution in [2.24, 2.45) is 0 Å². The maximum Gasteiger partial charge on any atom is 0.471 e. The molecule has 0 heterocycles. The van der Waals surface area contributed by atoms with Crippen LogP contribution in [0.2, 0.25) is 0 Å². The summed E-state index contributed by atoms with van der Waals surface area (Å²) in [5.74, 6) is -4.86. The Morgan fingerprint density at radius 2 is 1.74 bits per heavy atom. The van der Waals surface area contributed by atoms with E-state index in [4.69, 9.17) is 5.11 Å². The van der Waals surface area contributed by atoms with E-state index in [-0.39, 0.29) is 0 Å². The Bertz CT molecular complexity index is 627. The van der Waals surface area contributed by atoms with Crippen molar-refractivity contribution in [2.45, 2.75) is 19.1 Å². The van der Waals surface area contributed by atoms with Crippen LogP contribution < -0.4 is 10.6 Å². The van der Waals surface area contributed by atoms with Gasteiger partial charge in [-0.25, -0.2) is 0 Å². The van der Waals surface area contributed by atoms with E-state index in [9.17, 15) is 27.6 Å². The summed E-state index contributed by atoms with van der Waals surface area (Å²) in [7, 11) is 0. The van der Waals surface area contributed by atoms with Crippen LogP contribution in [-0.2, 0) is 14.4 Å². The molecule has 1 aromatic carbocycles. The summed E-state index contributed by atoms with van der Waals surface area (Å²) in [6.07, 6.45) is -4.18. The van der Waals surface area contributed by atoms with Crippen molar-refractivity contribution in [1.29, 1.82) is 0 Å². The number of hydrogen-bond donors (Lipinski definition) is 3. The molecule has 23 heavy (non-hydrogen) atoms. The second-order valence-corrected chi connectivity index (χ2v) is 4.45. The van der Waals surface area contributed by atoms with Gasteiger partial charge in [-0.05, 0) is 18.6 Å². The van der Waals surface area contributed by atoms with Gasteiger partial charge in [-0.15, -0.1) is 0 Å². The molecule has 9 heteroatoms. The molecule has 0 spiro atoms. The molecule has 6 nitrogen and oxygen atoms in total. The highest BCUT2D eigenvalue weighted by Gasteiger charge is 2.39. The zero-order chi connectivity index (χ0) is 17.6. The zero-order valence-electron chi connectivity index (χ0n) is 11.8. The van der Waals surface area contributed by atoms with Gasteiger partial charge in [-0.1, -0.05) is 30.3 Å². The average Bonchev–Trinajstić information content (AvgIpc) is 2.46. The smallest absolute Gasteiger partial charge is 0.471 e. The minimum absolute atomic E-state index is 0.350. The molecule has 2 amide bonds. The Morgan fingerprint density at radius 1 is 1.17 bits per heavy atom. The highest BCUT2D eigenvalue weighted by atomic mass is 19.4. The molecule has 0 radical (unpaired) electrons. The van der Waals surface area contributed by atoms with Gasteiger partial charge in [0, 0.05) is 0 Å². The highest BCUT2D eigenvalue weighted by molar-refractivity contribution is 6.03. The standard InChI is InChI=1S/C14H13F3N2O4/c1-8(12(21)22)18-11(20)10(19-13(23)14(15,16)17)7-9-5-3-2-4-6-9/h2-8H,1H3,(H,18,20)(H,19,23)(H,21,22)/t8-/m0/s1. The molecule has 1 aromatic rings. The molecule has 0 aliphatic carbocycles. The molecular weight excluding hydrogens is 317 g/mol.